The van der Waals surface area contributed by atoms with Crippen molar-refractivity contribution in [3.8, 4) is 56.5 Å². The Hall–Kier alpha value is -12.8. The molecule has 0 radical (unpaired) electrons. The van der Waals surface area contributed by atoms with Crippen LogP contribution in [0.25, 0.3) is 111 Å². The smallest absolute Gasteiger partial charge is 0.345 e. The number of hydrogen-bond acceptors (Lipinski definition) is 26. The molecule has 19 rings (SSSR count). The predicted octanol–water partition coefficient (Wildman–Crippen LogP) is 11.9. The fourth-order valence-corrected chi connectivity index (χ4v) is 16.4. The molecule has 1 unspecified atom stereocenters. The lowest BCUT2D eigenvalue weighted by molar-refractivity contribution is 0.183. The summed E-state index contributed by atoms with van der Waals surface area (Å²) in [5, 5.41) is 31.2. The number of fused-ring (bicyclic) bond motifs is 8. The van der Waals surface area contributed by atoms with E-state index in [1.165, 1.54) is 12.8 Å². The summed E-state index contributed by atoms with van der Waals surface area (Å²) in [6, 6.07) is 31.0. The summed E-state index contributed by atoms with van der Waals surface area (Å²) in [6.07, 6.45) is 17.4. The molecule has 1 spiro atoms. The third-order valence-corrected chi connectivity index (χ3v) is 22.8. The largest absolute Gasteiger partial charge is 0.492 e. The third-order valence-electron chi connectivity index (χ3n) is 22.8. The number of hydrogen-bond donors (Lipinski definition) is 5. The van der Waals surface area contributed by atoms with Gasteiger partial charge in [-0.3, -0.25) is 24.8 Å². The lowest BCUT2D eigenvalue weighted by Crippen LogP contribution is -2.59. The predicted molar refractivity (Wildman–Crippen MR) is 472 cm³/mol. The molecular weight excluding hydrogens is 1550 g/mol. The van der Waals surface area contributed by atoms with Crippen LogP contribution in [-0.4, -0.2) is 183 Å². The first-order valence-corrected chi connectivity index (χ1v) is 41.4. The number of anilines is 2. The molecule has 30 nitrogen and oxygen atoms in total. The van der Waals surface area contributed by atoms with E-state index in [-0.39, 0.29) is 36.5 Å². The van der Waals surface area contributed by atoms with Crippen molar-refractivity contribution >= 4 is 77.8 Å². The van der Waals surface area contributed by atoms with Gasteiger partial charge in [-0.1, -0.05) is 13.8 Å². The van der Waals surface area contributed by atoms with E-state index < -0.39 is 11.3 Å². The van der Waals surface area contributed by atoms with Gasteiger partial charge in [0, 0.05) is 176 Å². The van der Waals surface area contributed by atoms with Crippen molar-refractivity contribution in [1.82, 2.24) is 78.3 Å². The van der Waals surface area contributed by atoms with Crippen molar-refractivity contribution < 1.29 is 37.4 Å². The van der Waals surface area contributed by atoms with Gasteiger partial charge >= 0.3 is 22.5 Å². The molecule has 3 saturated heterocycles. The molecule has 3 aliphatic rings. The van der Waals surface area contributed by atoms with E-state index in [1.807, 2.05) is 197 Å². The van der Waals surface area contributed by atoms with Crippen molar-refractivity contribution in [3.63, 3.8) is 0 Å². The highest BCUT2D eigenvalue weighted by atomic mass is 16.5. The molecule has 3 atom stereocenters. The minimum atomic E-state index is -0.455. The fourth-order valence-electron chi connectivity index (χ4n) is 16.4. The highest BCUT2D eigenvalue weighted by Gasteiger charge is 2.41. The van der Waals surface area contributed by atoms with E-state index in [1.54, 1.807) is 24.3 Å². The molecular formula is C92H100N18O12. The van der Waals surface area contributed by atoms with Gasteiger partial charge in [0.2, 0.25) is 0 Å². The van der Waals surface area contributed by atoms with E-state index in [4.69, 9.17) is 37.4 Å². The maximum absolute atomic E-state index is 12.8. The highest BCUT2D eigenvalue weighted by Crippen LogP contribution is 2.40. The molecule has 0 bridgehead atoms. The second kappa shape index (κ2) is 35.1. The van der Waals surface area contributed by atoms with Gasteiger partial charge in [0.25, 0.3) is 0 Å². The number of benzene rings is 4. The van der Waals surface area contributed by atoms with E-state index in [9.17, 15) is 19.2 Å². The minimum Gasteiger partial charge on any atom is -0.492 e. The van der Waals surface area contributed by atoms with Crippen LogP contribution in [0.4, 0.5) is 11.4 Å². The first-order valence-electron chi connectivity index (χ1n) is 41.4. The molecule has 3 fully saturated rings. The van der Waals surface area contributed by atoms with Crippen LogP contribution in [0.2, 0.25) is 0 Å². The molecule has 4 aromatic carbocycles. The Kier molecular flexibility index (Phi) is 23.8. The Balaban J connectivity index is 0.000000121. The summed E-state index contributed by atoms with van der Waals surface area (Å²) in [7, 11) is 0. The Morgan fingerprint density at radius 3 is 1.14 bits per heavy atom. The number of likely N-dealkylation sites (N-methyl/N-ethyl adjacent to an activating group) is 1. The van der Waals surface area contributed by atoms with Gasteiger partial charge < -0.3 is 80.7 Å². The number of rotatable bonds is 21. The summed E-state index contributed by atoms with van der Waals surface area (Å²) < 4.78 is 41.5. The summed E-state index contributed by atoms with van der Waals surface area (Å²) in [5.41, 5.74) is 16.9. The Labute approximate surface area is 701 Å². The fraction of sp³-hybridized carbons (Fsp3) is 0.348. The van der Waals surface area contributed by atoms with Gasteiger partial charge in [-0.15, -0.1) is 0 Å². The SMILES string of the molecule is CCN(CC)C1CN(c2ccc3cc(-c4cn5cc(C)nc(C)c5n4)c(=O)oc3c2)C1.Cc1cn2cc(-c3cc4ccc(N5CCC6(CCNC6)C5)cc4oc3=O)nc2c(C)n1.Cc1cn2cc(-c3cc4ccc(OCCN[C@@H](C)CO)cc4oc3=O)nc2c(C)n1.Cc1cn2cc(-c3cc4ccc(OCCN[C@H](C)CO)cc4oc3=O)nc2c(C)n1. The number of aryl methyl sites for hydroxylation is 8. The van der Waals surface area contributed by atoms with E-state index in [2.05, 4.69) is 96.5 Å². The zero-order chi connectivity index (χ0) is 85.4. The summed E-state index contributed by atoms with van der Waals surface area (Å²) in [6.45, 7) is 34.2. The van der Waals surface area contributed by atoms with Crippen molar-refractivity contribution in [3.05, 3.63) is 234 Å². The van der Waals surface area contributed by atoms with E-state index >= 15 is 0 Å². The normalized spacial score (nSPS) is 15.3. The van der Waals surface area contributed by atoms with Crippen LogP contribution < -0.4 is 57.7 Å². The van der Waals surface area contributed by atoms with Crippen molar-refractivity contribution in [2.45, 2.75) is 114 Å². The number of ether oxygens (including phenoxy) is 2. The Morgan fingerprint density at radius 1 is 0.459 bits per heavy atom. The second-order valence-electron chi connectivity index (χ2n) is 32.1. The number of imidazole rings is 4. The summed E-state index contributed by atoms with van der Waals surface area (Å²) in [4.78, 5) is 94.3. The number of nitrogens with one attached hydrogen (secondary N) is 3. The first kappa shape index (κ1) is 82.8. The second-order valence-corrected chi connectivity index (χ2v) is 32.1. The number of aliphatic hydroxyl groups is 2. The van der Waals surface area contributed by atoms with Crippen LogP contribution in [0.15, 0.2) is 183 Å². The van der Waals surface area contributed by atoms with Crippen molar-refractivity contribution in [1.29, 1.82) is 0 Å². The maximum Gasteiger partial charge on any atom is 0.345 e. The van der Waals surface area contributed by atoms with Gasteiger partial charge in [-0.2, -0.15) is 0 Å². The zero-order valence-corrected chi connectivity index (χ0v) is 70.6. The molecule has 5 N–H and O–H groups in total. The van der Waals surface area contributed by atoms with Crippen LogP contribution in [0, 0.1) is 60.8 Å². The lowest BCUT2D eigenvalue weighted by Gasteiger charge is -2.46. The topological polar surface area (TPSA) is 346 Å². The number of aromatic nitrogens is 12. The summed E-state index contributed by atoms with van der Waals surface area (Å²) in [5.74, 6) is 1.23. The van der Waals surface area contributed by atoms with Gasteiger partial charge in [0.1, 0.15) is 47.0 Å². The molecule has 12 aromatic heterocycles. The molecule has 122 heavy (non-hydrogen) atoms. The zero-order valence-electron chi connectivity index (χ0n) is 70.6. The van der Waals surface area contributed by atoms with E-state index in [0.717, 1.165) is 142 Å². The van der Waals surface area contributed by atoms with Crippen molar-refractivity contribution in [2.24, 2.45) is 5.41 Å². The number of nitrogens with zero attached hydrogens (tertiary/aromatic N) is 15. The highest BCUT2D eigenvalue weighted by molar-refractivity contribution is 5.87. The monoisotopic (exact) mass is 1650 g/mol. The standard InChI is InChI=1S/C24H25N5O2.C24H27N5O2.2C22H24N4O4/c1-15-11-29-12-20(27-22(29)16(2)26-15)19-9-17-3-4-18(10-21(17)31-23(19)30)28-8-6-24(14-28)5-7-25-13-24;1-5-27(6-2)19-12-28(13-19)18-8-7-17-9-20(24(30)31-22(17)10-18)21-14-29-11-15(3)25-16(4)23(29)26-21;2*1-13-10-26-11-19(25-21(26)15(3)24-13)18-8-16-4-5-17(9-20(16)30-22(18)28)29-7-6-23-14(2)12-27/h3-4,9-12,25H,5-8,13-14H2,1-2H3;7-11,14,19H,5-6,12-13H2,1-4H3;2*4-5,8-11,14,23,27H,6-7,12H2,1-3H3/t;;2*14-/m..10/s1. The van der Waals surface area contributed by atoms with Gasteiger partial charge in [-0.25, -0.2) is 39.1 Å². The van der Waals surface area contributed by atoms with E-state index in [0.29, 0.717) is 128 Å². The summed E-state index contributed by atoms with van der Waals surface area (Å²) >= 11 is 0. The molecule has 16 aromatic rings. The van der Waals surface area contributed by atoms with Gasteiger partial charge in [0.05, 0.1) is 104 Å². The van der Waals surface area contributed by atoms with Gasteiger partial charge in [-0.05, 0) is 175 Å². The van der Waals surface area contributed by atoms with Crippen LogP contribution in [0.3, 0.4) is 0 Å². The first-order chi connectivity index (χ1) is 58.8. The molecule has 3 aliphatic heterocycles. The molecule has 0 aliphatic carbocycles. The molecule has 630 valence electrons. The lowest BCUT2D eigenvalue weighted by atomic mass is 9.86. The molecule has 0 saturated carbocycles. The van der Waals surface area contributed by atoms with Crippen LogP contribution in [-0.2, 0) is 0 Å². The average molecular weight is 1650 g/mol. The third kappa shape index (κ3) is 17.7. The van der Waals surface area contributed by atoms with Crippen molar-refractivity contribution in [2.75, 3.05) is 102 Å². The molecule has 30 heteroatoms. The van der Waals surface area contributed by atoms with Crippen LogP contribution >= 0.6 is 0 Å². The van der Waals surface area contributed by atoms with Crippen LogP contribution in [0.5, 0.6) is 11.5 Å². The van der Waals surface area contributed by atoms with Crippen LogP contribution in [0.1, 0.15) is 86.1 Å². The molecule has 15 heterocycles. The Bertz CT molecular complexity index is 6670. The quantitative estimate of drug-likeness (QED) is 0.0329. The maximum atomic E-state index is 12.8. The van der Waals surface area contributed by atoms with Gasteiger partial charge in [0.15, 0.2) is 22.6 Å². The Morgan fingerprint density at radius 2 is 0.803 bits per heavy atom. The minimum absolute atomic E-state index is 0.0183. The molecule has 0 amide bonds. The average Bonchev–Trinajstić information content (AvgIpc) is 1.67. The number of aliphatic hydroxyl groups excluding tert-OH is 2.